The molecule has 1 heterocycles. The number of furan rings is 1. The highest BCUT2D eigenvalue weighted by Crippen LogP contribution is 2.18. The molecule has 3 N–H and O–H groups in total. The van der Waals surface area contributed by atoms with Crippen LogP contribution in [0.2, 0.25) is 0 Å². The SMILES string of the molecule is Cc1ccc(NCC(=O)Nc2cccc(NC(=O)c3ccco3)c2)c(C)c1. The predicted octanol–water partition coefficient (Wildman–Crippen LogP) is 4.20. The zero-order chi connectivity index (χ0) is 19.2. The van der Waals surface area contributed by atoms with E-state index in [1.54, 1.807) is 36.4 Å². The third-order valence-corrected chi connectivity index (χ3v) is 3.97. The van der Waals surface area contributed by atoms with E-state index >= 15 is 0 Å². The second-order valence-corrected chi connectivity index (χ2v) is 6.23. The monoisotopic (exact) mass is 363 g/mol. The minimum absolute atomic E-state index is 0.146. The van der Waals surface area contributed by atoms with Crippen molar-refractivity contribution in [2.24, 2.45) is 0 Å². The predicted molar refractivity (Wildman–Crippen MR) is 106 cm³/mol. The fourth-order valence-corrected chi connectivity index (χ4v) is 2.67. The average molecular weight is 363 g/mol. The molecule has 0 aliphatic carbocycles. The summed E-state index contributed by atoms with van der Waals surface area (Å²) in [7, 11) is 0. The maximum Gasteiger partial charge on any atom is 0.291 e. The number of carbonyl (C=O) groups excluding carboxylic acids is 2. The standard InChI is InChI=1S/C21H21N3O3/c1-14-8-9-18(15(2)11-14)22-13-20(25)23-16-5-3-6-17(12-16)24-21(26)19-7-4-10-27-19/h3-12,22H,13H2,1-2H3,(H,23,25)(H,24,26). The highest BCUT2D eigenvalue weighted by Gasteiger charge is 2.09. The van der Waals surface area contributed by atoms with Gasteiger partial charge in [-0.3, -0.25) is 9.59 Å². The molecule has 2 amide bonds. The number of benzene rings is 2. The second-order valence-electron chi connectivity index (χ2n) is 6.23. The molecule has 0 fully saturated rings. The third kappa shape index (κ3) is 4.98. The number of aryl methyl sites for hydroxylation is 2. The highest BCUT2D eigenvalue weighted by atomic mass is 16.3. The van der Waals surface area contributed by atoms with Crippen molar-refractivity contribution in [3.8, 4) is 0 Å². The number of amides is 2. The molecular weight excluding hydrogens is 342 g/mol. The molecule has 27 heavy (non-hydrogen) atoms. The molecule has 0 saturated heterocycles. The highest BCUT2D eigenvalue weighted by molar-refractivity contribution is 6.02. The molecule has 2 aromatic carbocycles. The van der Waals surface area contributed by atoms with Crippen molar-refractivity contribution in [3.63, 3.8) is 0 Å². The van der Waals surface area contributed by atoms with Crippen LogP contribution in [-0.4, -0.2) is 18.4 Å². The molecule has 0 aliphatic rings. The van der Waals surface area contributed by atoms with Crippen LogP contribution in [0.25, 0.3) is 0 Å². The van der Waals surface area contributed by atoms with Crippen molar-refractivity contribution < 1.29 is 14.0 Å². The summed E-state index contributed by atoms with van der Waals surface area (Å²) >= 11 is 0. The van der Waals surface area contributed by atoms with Gasteiger partial charge in [0.2, 0.25) is 5.91 Å². The van der Waals surface area contributed by atoms with Crippen molar-refractivity contribution in [2.45, 2.75) is 13.8 Å². The van der Waals surface area contributed by atoms with Gasteiger partial charge >= 0.3 is 0 Å². The smallest absolute Gasteiger partial charge is 0.291 e. The van der Waals surface area contributed by atoms with E-state index in [1.807, 2.05) is 26.0 Å². The lowest BCUT2D eigenvalue weighted by Gasteiger charge is -2.11. The quantitative estimate of drug-likeness (QED) is 0.613. The van der Waals surface area contributed by atoms with Crippen LogP contribution in [0.3, 0.4) is 0 Å². The number of hydrogen-bond donors (Lipinski definition) is 3. The van der Waals surface area contributed by atoms with Crippen molar-refractivity contribution in [3.05, 3.63) is 77.7 Å². The minimum atomic E-state index is -0.347. The molecule has 0 spiro atoms. The summed E-state index contributed by atoms with van der Waals surface area (Å²) in [6.07, 6.45) is 1.44. The normalized spacial score (nSPS) is 10.3. The van der Waals surface area contributed by atoms with Crippen LogP contribution in [-0.2, 0) is 4.79 Å². The topological polar surface area (TPSA) is 83.4 Å². The zero-order valence-electron chi connectivity index (χ0n) is 15.2. The van der Waals surface area contributed by atoms with E-state index < -0.39 is 0 Å². The first kappa shape index (κ1) is 18.3. The Morgan fingerprint density at radius 3 is 2.41 bits per heavy atom. The lowest BCUT2D eigenvalue weighted by atomic mass is 10.1. The van der Waals surface area contributed by atoms with Gasteiger partial charge in [-0.15, -0.1) is 0 Å². The lowest BCUT2D eigenvalue weighted by molar-refractivity contribution is -0.114. The molecule has 0 saturated carbocycles. The van der Waals surface area contributed by atoms with Gasteiger partial charge in [0.1, 0.15) is 0 Å². The van der Waals surface area contributed by atoms with Gasteiger partial charge in [0.15, 0.2) is 5.76 Å². The van der Waals surface area contributed by atoms with Gasteiger partial charge in [-0.25, -0.2) is 0 Å². The molecule has 138 valence electrons. The first-order chi connectivity index (χ1) is 13.0. The van der Waals surface area contributed by atoms with E-state index in [0.29, 0.717) is 11.4 Å². The fourth-order valence-electron chi connectivity index (χ4n) is 2.67. The average Bonchev–Trinajstić information content (AvgIpc) is 3.16. The van der Waals surface area contributed by atoms with Crippen LogP contribution in [0.15, 0.2) is 65.3 Å². The number of hydrogen-bond acceptors (Lipinski definition) is 4. The van der Waals surface area contributed by atoms with Crippen LogP contribution in [0.5, 0.6) is 0 Å². The minimum Gasteiger partial charge on any atom is -0.459 e. The van der Waals surface area contributed by atoms with Crippen LogP contribution in [0.1, 0.15) is 21.7 Å². The van der Waals surface area contributed by atoms with E-state index in [0.717, 1.165) is 11.3 Å². The van der Waals surface area contributed by atoms with Gasteiger partial charge in [-0.1, -0.05) is 23.8 Å². The van der Waals surface area contributed by atoms with Gasteiger partial charge in [0.25, 0.3) is 5.91 Å². The largest absolute Gasteiger partial charge is 0.459 e. The number of anilines is 3. The zero-order valence-corrected chi connectivity index (χ0v) is 15.2. The van der Waals surface area contributed by atoms with Gasteiger partial charge in [-0.2, -0.15) is 0 Å². The van der Waals surface area contributed by atoms with E-state index in [1.165, 1.54) is 11.8 Å². The molecule has 0 unspecified atom stereocenters. The van der Waals surface area contributed by atoms with Crippen molar-refractivity contribution in [1.82, 2.24) is 0 Å². The summed E-state index contributed by atoms with van der Waals surface area (Å²) in [5, 5.41) is 8.68. The Morgan fingerprint density at radius 2 is 1.70 bits per heavy atom. The molecule has 3 rings (SSSR count). The Balaban J connectivity index is 1.57. The molecule has 0 atom stereocenters. The van der Waals surface area contributed by atoms with Crippen LogP contribution in [0, 0.1) is 13.8 Å². The fraction of sp³-hybridized carbons (Fsp3) is 0.143. The summed E-state index contributed by atoms with van der Waals surface area (Å²) in [6, 6.07) is 16.2. The molecule has 6 nitrogen and oxygen atoms in total. The first-order valence-electron chi connectivity index (χ1n) is 8.57. The van der Waals surface area contributed by atoms with Crippen molar-refractivity contribution >= 4 is 28.9 Å². The van der Waals surface area contributed by atoms with Gasteiger partial charge in [-0.05, 0) is 55.8 Å². The Hall–Kier alpha value is -3.54. The second kappa shape index (κ2) is 8.23. The summed E-state index contributed by atoms with van der Waals surface area (Å²) in [5.74, 6) is -0.299. The van der Waals surface area contributed by atoms with Crippen LogP contribution >= 0.6 is 0 Å². The van der Waals surface area contributed by atoms with Crippen molar-refractivity contribution in [1.29, 1.82) is 0 Å². The maximum atomic E-state index is 12.2. The summed E-state index contributed by atoms with van der Waals surface area (Å²) in [4.78, 5) is 24.2. The van der Waals surface area contributed by atoms with E-state index in [9.17, 15) is 9.59 Å². The molecular formula is C21H21N3O3. The maximum absolute atomic E-state index is 12.2. The Morgan fingerprint density at radius 1 is 0.926 bits per heavy atom. The molecule has 1 aromatic heterocycles. The molecule has 6 heteroatoms. The Labute approximate surface area is 157 Å². The Bertz CT molecular complexity index is 949. The first-order valence-corrected chi connectivity index (χ1v) is 8.57. The van der Waals surface area contributed by atoms with Crippen LogP contribution in [0.4, 0.5) is 17.1 Å². The number of carbonyl (C=O) groups is 2. The third-order valence-electron chi connectivity index (χ3n) is 3.97. The van der Waals surface area contributed by atoms with Crippen LogP contribution < -0.4 is 16.0 Å². The van der Waals surface area contributed by atoms with Gasteiger partial charge in [0.05, 0.1) is 12.8 Å². The van der Waals surface area contributed by atoms with E-state index in [2.05, 4.69) is 22.0 Å². The molecule has 0 aliphatic heterocycles. The summed E-state index contributed by atoms with van der Waals surface area (Å²) in [6.45, 7) is 4.17. The Kier molecular flexibility index (Phi) is 5.56. The molecule has 0 bridgehead atoms. The van der Waals surface area contributed by atoms with Gasteiger partial charge in [0, 0.05) is 17.1 Å². The van der Waals surface area contributed by atoms with Gasteiger partial charge < -0.3 is 20.4 Å². The molecule has 0 radical (unpaired) electrons. The van der Waals surface area contributed by atoms with E-state index in [-0.39, 0.29) is 24.1 Å². The molecule has 3 aromatic rings. The number of nitrogens with one attached hydrogen (secondary N) is 3. The van der Waals surface area contributed by atoms with Crippen molar-refractivity contribution in [2.75, 3.05) is 22.5 Å². The number of rotatable bonds is 6. The summed E-state index contributed by atoms with van der Waals surface area (Å²) in [5.41, 5.74) is 4.35. The van der Waals surface area contributed by atoms with E-state index in [4.69, 9.17) is 4.42 Å². The lowest BCUT2D eigenvalue weighted by Crippen LogP contribution is -2.22. The summed E-state index contributed by atoms with van der Waals surface area (Å²) < 4.78 is 5.06.